The lowest BCUT2D eigenvalue weighted by atomic mass is 9.96. The van der Waals surface area contributed by atoms with Crippen LogP contribution < -0.4 is 14.8 Å². The highest BCUT2D eigenvalue weighted by atomic mass is 32.2. The molecule has 31 heavy (non-hydrogen) atoms. The molecule has 1 aliphatic rings. The maximum atomic E-state index is 13.1. The topological polar surface area (TPSA) is 84.9 Å². The zero-order chi connectivity index (χ0) is 22.6. The number of para-hydroxylation sites is 1. The van der Waals surface area contributed by atoms with Gasteiger partial charge in [-0.1, -0.05) is 32.0 Å². The van der Waals surface area contributed by atoms with Gasteiger partial charge in [0.05, 0.1) is 19.1 Å². The number of rotatable bonds is 7. The fourth-order valence-electron chi connectivity index (χ4n) is 3.83. The van der Waals surface area contributed by atoms with Crippen molar-refractivity contribution in [3.05, 3.63) is 48.0 Å². The molecule has 1 amide bonds. The van der Waals surface area contributed by atoms with Crippen molar-refractivity contribution in [2.45, 2.75) is 37.5 Å². The molecule has 1 aliphatic heterocycles. The van der Waals surface area contributed by atoms with Gasteiger partial charge < -0.3 is 14.8 Å². The second-order valence-electron chi connectivity index (χ2n) is 7.93. The molecule has 0 unspecified atom stereocenters. The van der Waals surface area contributed by atoms with E-state index in [1.54, 1.807) is 6.07 Å². The third-order valence-corrected chi connectivity index (χ3v) is 7.55. The molecule has 1 saturated heterocycles. The van der Waals surface area contributed by atoms with Crippen LogP contribution in [0.2, 0.25) is 0 Å². The van der Waals surface area contributed by atoms with Crippen molar-refractivity contribution in [2.24, 2.45) is 5.92 Å². The van der Waals surface area contributed by atoms with Crippen LogP contribution in [0.25, 0.3) is 0 Å². The number of anilines is 1. The monoisotopic (exact) mass is 446 g/mol. The highest BCUT2D eigenvalue weighted by Crippen LogP contribution is 2.32. The molecular formula is C23H30N2O5S. The van der Waals surface area contributed by atoms with Gasteiger partial charge in [-0.25, -0.2) is 8.42 Å². The minimum atomic E-state index is -3.68. The molecule has 0 aromatic heterocycles. The Labute approximate surface area is 184 Å². The van der Waals surface area contributed by atoms with Gasteiger partial charge in [0.25, 0.3) is 0 Å². The highest BCUT2D eigenvalue weighted by Gasteiger charge is 2.32. The molecule has 8 heteroatoms. The summed E-state index contributed by atoms with van der Waals surface area (Å²) in [6, 6.07) is 12.3. The third kappa shape index (κ3) is 5.02. The van der Waals surface area contributed by atoms with Gasteiger partial charge in [0, 0.05) is 30.8 Å². The van der Waals surface area contributed by atoms with Gasteiger partial charge in [0.2, 0.25) is 15.9 Å². The van der Waals surface area contributed by atoms with E-state index in [4.69, 9.17) is 9.47 Å². The lowest BCUT2D eigenvalue weighted by Crippen LogP contribution is -2.41. The molecule has 0 radical (unpaired) electrons. The van der Waals surface area contributed by atoms with E-state index in [1.165, 1.54) is 30.7 Å². The Morgan fingerprint density at radius 1 is 1.03 bits per heavy atom. The van der Waals surface area contributed by atoms with Gasteiger partial charge in [0.15, 0.2) is 11.5 Å². The number of nitrogens with one attached hydrogen (secondary N) is 1. The molecule has 3 rings (SSSR count). The first-order valence-corrected chi connectivity index (χ1v) is 11.8. The second kappa shape index (κ2) is 9.70. The Hall–Kier alpha value is -2.58. The lowest BCUT2D eigenvalue weighted by molar-refractivity contribution is -0.120. The van der Waals surface area contributed by atoms with Crippen LogP contribution >= 0.6 is 0 Å². The zero-order valence-electron chi connectivity index (χ0n) is 18.4. The van der Waals surface area contributed by atoms with Crippen molar-refractivity contribution < 1.29 is 22.7 Å². The van der Waals surface area contributed by atoms with Gasteiger partial charge >= 0.3 is 0 Å². The van der Waals surface area contributed by atoms with Crippen LogP contribution in [0.5, 0.6) is 11.5 Å². The summed E-state index contributed by atoms with van der Waals surface area (Å²) >= 11 is 0. The first kappa shape index (κ1) is 23.1. The third-order valence-electron chi connectivity index (χ3n) is 5.66. The number of methoxy groups -OCH3 is 2. The predicted molar refractivity (Wildman–Crippen MR) is 120 cm³/mol. The van der Waals surface area contributed by atoms with Gasteiger partial charge in [-0.15, -0.1) is 0 Å². The molecule has 2 aromatic carbocycles. The van der Waals surface area contributed by atoms with Crippen molar-refractivity contribution in [2.75, 3.05) is 32.6 Å². The number of piperidine rings is 1. The highest BCUT2D eigenvalue weighted by molar-refractivity contribution is 7.89. The Morgan fingerprint density at radius 3 is 2.29 bits per heavy atom. The zero-order valence-corrected chi connectivity index (χ0v) is 19.2. The number of benzene rings is 2. The van der Waals surface area contributed by atoms with Crippen molar-refractivity contribution in [1.29, 1.82) is 0 Å². The van der Waals surface area contributed by atoms with Crippen LogP contribution in [0, 0.1) is 5.92 Å². The Morgan fingerprint density at radius 2 is 1.68 bits per heavy atom. The molecule has 1 heterocycles. The summed E-state index contributed by atoms with van der Waals surface area (Å²) in [4.78, 5) is 13.0. The number of amides is 1. The number of hydrogen-bond acceptors (Lipinski definition) is 5. The molecular weight excluding hydrogens is 416 g/mol. The Balaban J connectivity index is 1.67. The normalized spacial score (nSPS) is 15.6. The van der Waals surface area contributed by atoms with Crippen molar-refractivity contribution >= 4 is 21.6 Å². The van der Waals surface area contributed by atoms with Crippen LogP contribution in [-0.4, -0.2) is 45.9 Å². The van der Waals surface area contributed by atoms with Gasteiger partial charge in [-0.3, -0.25) is 4.79 Å². The minimum Gasteiger partial charge on any atom is -0.493 e. The molecule has 7 nitrogen and oxygen atoms in total. The number of sulfonamides is 1. The van der Waals surface area contributed by atoms with Crippen molar-refractivity contribution in [3.8, 4) is 11.5 Å². The number of ether oxygens (including phenoxy) is 2. The van der Waals surface area contributed by atoms with E-state index in [-0.39, 0.29) is 16.7 Å². The van der Waals surface area contributed by atoms with Crippen LogP contribution in [0.15, 0.2) is 47.4 Å². The summed E-state index contributed by atoms with van der Waals surface area (Å²) in [5, 5.41) is 3.04. The second-order valence-corrected chi connectivity index (χ2v) is 9.86. The fraction of sp³-hybridized carbons (Fsp3) is 0.435. The van der Waals surface area contributed by atoms with Gasteiger partial charge in [-0.05, 0) is 42.5 Å². The predicted octanol–water partition coefficient (Wildman–Crippen LogP) is 3.87. The summed E-state index contributed by atoms with van der Waals surface area (Å²) in [7, 11) is -0.710. The average molecular weight is 447 g/mol. The summed E-state index contributed by atoms with van der Waals surface area (Å²) in [6.45, 7) is 4.76. The van der Waals surface area contributed by atoms with Gasteiger partial charge in [-0.2, -0.15) is 4.31 Å². The SMILES string of the molecule is COc1ccc(S(=O)(=O)N2CCC(C(=O)Nc3ccccc3C(C)C)CC2)cc1OC. The Kier molecular flexibility index (Phi) is 7.23. The smallest absolute Gasteiger partial charge is 0.243 e. The molecule has 0 atom stereocenters. The van der Waals surface area contributed by atoms with Crippen LogP contribution in [0.4, 0.5) is 5.69 Å². The van der Waals surface area contributed by atoms with Gasteiger partial charge in [0.1, 0.15) is 0 Å². The largest absolute Gasteiger partial charge is 0.493 e. The molecule has 2 aromatic rings. The molecule has 1 N–H and O–H groups in total. The summed E-state index contributed by atoms with van der Waals surface area (Å²) < 4.78 is 38.0. The van der Waals surface area contributed by atoms with Crippen molar-refractivity contribution in [3.63, 3.8) is 0 Å². The number of hydrogen-bond donors (Lipinski definition) is 1. The lowest BCUT2D eigenvalue weighted by Gasteiger charge is -2.31. The van der Waals surface area contributed by atoms with Crippen LogP contribution in [-0.2, 0) is 14.8 Å². The maximum absolute atomic E-state index is 13.1. The number of carbonyl (C=O) groups excluding carboxylic acids is 1. The number of nitrogens with zero attached hydrogens (tertiary/aromatic N) is 1. The van der Waals surface area contributed by atoms with Crippen LogP contribution in [0.1, 0.15) is 38.2 Å². The van der Waals surface area contributed by atoms with E-state index in [1.807, 2.05) is 24.3 Å². The first-order chi connectivity index (χ1) is 14.8. The Bertz CT molecular complexity index is 1030. The number of carbonyl (C=O) groups is 1. The molecule has 0 spiro atoms. The van der Waals surface area contributed by atoms with Crippen molar-refractivity contribution in [1.82, 2.24) is 4.31 Å². The maximum Gasteiger partial charge on any atom is 0.243 e. The van der Waals surface area contributed by atoms with E-state index < -0.39 is 10.0 Å². The molecule has 0 bridgehead atoms. The molecule has 168 valence electrons. The summed E-state index contributed by atoms with van der Waals surface area (Å²) in [5.41, 5.74) is 1.91. The summed E-state index contributed by atoms with van der Waals surface area (Å²) in [5.74, 6) is 0.846. The average Bonchev–Trinajstić information content (AvgIpc) is 2.78. The minimum absolute atomic E-state index is 0.0590. The quantitative estimate of drug-likeness (QED) is 0.698. The van der Waals surface area contributed by atoms with E-state index in [0.717, 1.165) is 11.3 Å². The summed E-state index contributed by atoms with van der Waals surface area (Å²) in [6.07, 6.45) is 0.949. The molecule has 0 aliphatic carbocycles. The molecule has 0 saturated carbocycles. The van der Waals surface area contributed by atoms with Crippen LogP contribution in [0.3, 0.4) is 0 Å². The van der Waals surface area contributed by atoms with E-state index in [0.29, 0.717) is 43.3 Å². The van der Waals surface area contributed by atoms with E-state index >= 15 is 0 Å². The van der Waals surface area contributed by atoms with E-state index in [2.05, 4.69) is 19.2 Å². The first-order valence-electron chi connectivity index (χ1n) is 10.4. The fourth-order valence-corrected chi connectivity index (χ4v) is 5.32. The van der Waals surface area contributed by atoms with E-state index in [9.17, 15) is 13.2 Å². The molecule has 1 fully saturated rings. The standard InChI is InChI=1S/C23H30N2O5S/c1-16(2)19-7-5-6-8-20(19)24-23(26)17-11-13-25(14-12-17)31(27,28)18-9-10-21(29-3)22(15-18)30-4/h5-10,15-17H,11-14H2,1-4H3,(H,24,26).